The Balaban J connectivity index is 1.78. The predicted molar refractivity (Wildman–Crippen MR) is 105 cm³/mol. The van der Waals surface area contributed by atoms with E-state index in [2.05, 4.69) is 4.98 Å². The van der Waals surface area contributed by atoms with E-state index in [4.69, 9.17) is 26.8 Å². The lowest BCUT2D eigenvalue weighted by atomic mass is 10.0. The third kappa shape index (κ3) is 4.38. The van der Waals surface area contributed by atoms with Crippen LogP contribution in [0.1, 0.15) is 21.5 Å². The molecule has 0 aliphatic heterocycles. The highest BCUT2D eigenvalue weighted by molar-refractivity contribution is 6.32. The van der Waals surface area contributed by atoms with Crippen LogP contribution in [0.4, 0.5) is 0 Å². The van der Waals surface area contributed by atoms with Crippen LogP contribution in [0.3, 0.4) is 0 Å². The van der Waals surface area contributed by atoms with Gasteiger partial charge in [0.05, 0.1) is 17.8 Å². The number of aryl methyl sites for hydroxylation is 1. The van der Waals surface area contributed by atoms with Crippen molar-refractivity contribution in [3.8, 4) is 22.8 Å². The summed E-state index contributed by atoms with van der Waals surface area (Å²) in [5.41, 5.74) is 9.32. The van der Waals surface area contributed by atoms with E-state index in [0.717, 1.165) is 22.4 Å². The fraction of sp³-hybridized carbons (Fsp3) is 0.143. The largest absolute Gasteiger partial charge is 0.497 e. The number of hydrogen-bond acceptors (Lipinski definition) is 4. The number of benzene rings is 2. The topological polar surface area (TPSA) is 74.4 Å². The molecule has 0 aliphatic rings. The van der Waals surface area contributed by atoms with Crippen molar-refractivity contribution in [3.63, 3.8) is 0 Å². The Morgan fingerprint density at radius 2 is 1.96 bits per heavy atom. The van der Waals surface area contributed by atoms with Crippen molar-refractivity contribution in [2.75, 3.05) is 7.11 Å². The van der Waals surface area contributed by atoms with Gasteiger partial charge in [0.25, 0.3) is 0 Å². The highest BCUT2D eigenvalue weighted by Gasteiger charge is 2.09. The molecule has 138 valence electrons. The molecule has 1 heterocycles. The van der Waals surface area contributed by atoms with Gasteiger partial charge in [0, 0.05) is 23.4 Å². The monoisotopic (exact) mass is 382 g/mol. The molecule has 6 heteroatoms. The van der Waals surface area contributed by atoms with Gasteiger partial charge in [-0.3, -0.25) is 9.78 Å². The third-order valence-corrected chi connectivity index (χ3v) is 4.44. The van der Waals surface area contributed by atoms with Crippen LogP contribution < -0.4 is 15.2 Å². The quantitative estimate of drug-likeness (QED) is 0.685. The van der Waals surface area contributed by atoms with E-state index < -0.39 is 5.91 Å². The number of ether oxygens (including phenoxy) is 2. The maximum Gasteiger partial charge on any atom is 0.248 e. The smallest absolute Gasteiger partial charge is 0.248 e. The van der Waals surface area contributed by atoms with E-state index in [1.165, 1.54) is 0 Å². The van der Waals surface area contributed by atoms with E-state index >= 15 is 0 Å². The average molecular weight is 383 g/mol. The molecule has 3 rings (SSSR count). The highest BCUT2D eigenvalue weighted by atomic mass is 35.5. The number of aromatic nitrogens is 1. The Kier molecular flexibility index (Phi) is 5.62. The molecule has 0 fully saturated rings. The Morgan fingerprint density at radius 1 is 1.15 bits per heavy atom. The van der Waals surface area contributed by atoms with E-state index in [1.807, 2.05) is 31.2 Å². The average Bonchev–Trinajstić information content (AvgIpc) is 2.66. The zero-order chi connectivity index (χ0) is 19.4. The van der Waals surface area contributed by atoms with Crippen LogP contribution in [-0.4, -0.2) is 18.0 Å². The second-order valence-electron chi connectivity index (χ2n) is 6.03. The normalized spacial score (nSPS) is 10.5. The van der Waals surface area contributed by atoms with Gasteiger partial charge in [-0.05, 0) is 54.4 Å². The molecular formula is C21H19ClN2O3. The first-order chi connectivity index (χ1) is 13.0. The van der Waals surface area contributed by atoms with Crippen LogP contribution in [0.2, 0.25) is 5.02 Å². The van der Waals surface area contributed by atoms with Gasteiger partial charge < -0.3 is 15.2 Å². The minimum absolute atomic E-state index is 0.347. The number of carbonyl (C=O) groups excluding carboxylic acids is 1. The van der Waals surface area contributed by atoms with Gasteiger partial charge in [0.2, 0.25) is 5.91 Å². The van der Waals surface area contributed by atoms with Crippen molar-refractivity contribution in [2.45, 2.75) is 13.5 Å². The molecule has 1 aromatic heterocycles. The molecular weight excluding hydrogens is 364 g/mol. The zero-order valence-corrected chi connectivity index (χ0v) is 15.8. The van der Waals surface area contributed by atoms with Gasteiger partial charge in [-0.2, -0.15) is 0 Å². The molecule has 0 spiro atoms. The van der Waals surface area contributed by atoms with E-state index in [-0.39, 0.29) is 0 Å². The molecule has 0 aliphatic carbocycles. The molecule has 5 nitrogen and oxygen atoms in total. The van der Waals surface area contributed by atoms with Crippen molar-refractivity contribution < 1.29 is 14.3 Å². The summed E-state index contributed by atoms with van der Waals surface area (Å²) in [7, 11) is 1.59. The SMILES string of the molecule is COc1ccc(OCc2ccnc(-c3ccc(C(N)=O)c(C)c3)c2)c(Cl)c1. The van der Waals surface area contributed by atoms with Gasteiger partial charge in [0.15, 0.2) is 0 Å². The zero-order valence-electron chi connectivity index (χ0n) is 15.0. The molecule has 3 aromatic rings. The summed E-state index contributed by atoms with van der Waals surface area (Å²) in [4.78, 5) is 15.8. The second kappa shape index (κ2) is 8.10. The molecule has 27 heavy (non-hydrogen) atoms. The fourth-order valence-electron chi connectivity index (χ4n) is 2.71. The minimum Gasteiger partial charge on any atom is -0.497 e. The summed E-state index contributed by atoms with van der Waals surface area (Å²) < 4.78 is 10.9. The van der Waals surface area contributed by atoms with Crippen LogP contribution in [0, 0.1) is 6.92 Å². The minimum atomic E-state index is -0.439. The lowest BCUT2D eigenvalue weighted by Gasteiger charge is -2.11. The summed E-state index contributed by atoms with van der Waals surface area (Å²) in [5, 5.41) is 0.487. The number of nitrogens with two attached hydrogens (primary N) is 1. The summed E-state index contributed by atoms with van der Waals surface area (Å²) in [5.74, 6) is 0.816. The molecule has 1 amide bonds. The lowest BCUT2D eigenvalue weighted by Crippen LogP contribution is -2.12. The first kappa shape index (κ1) is 18.7. The number of carbonyl (C=O) groups is 1. The maximum atomic E-state index is 11.4. The molecule has 0 saturated heterocycles. The van der Waals surface area contributed by atoms with E-state index in [9.17, 15) is 4.79 Å². The number of nitrogens with zero attached hydrogens (tertiary/aromatic N) is 1. The summed E-state index contributed by atoms with van der Waals surface area (Å²) in [6, 6.07) is 14.5. The second-order valence-corrected chi connectivity index (χ2v) is 6.44. The molecule has 0 radical (unpaired) electrons. The molecule has 2 aromatic carbocycles. The first-order valence-electron chi connectivity index (χ1n) is 8.30. The number of pyridine rings is 1. The molecule has 0 bridgehead atoms. The van der Waals surface area contributed by atoms with Crippen molar-refractivity contribution in [1.82, 2.24) is 4.98 Å². The Bertz CT molecular complexity index is 989. The maximum absolute atomic E-state index is 11.4. The third-order valence-electron chi connectivity index (χ3n) is 4.15. The lowest BCUT2D eigenvalue weighted by molar-refractivity contribution is 0.0999. The first-order valence-corrected chi connectivity index (χ1v) is 8.68. The Hall–Kier alpha value is -3.05. The van der Waals surface area contributed by atoms with Gasteiger partial charge >= 0.3 is 0 Å². The number of methoxy groups -OCH3 is 1. The predicted octanol–water partition coefficient (Wildman–Crippen LogP) is 4.40. The van der Waals surface area contributed by atoms with Crippen molar-refractivity contribution in [1.29, 1.82) is 0 Å². The van der Waals surface area contributed by atoms with Crippen LogP contribution in [0.5, 0.6) is 11.5 Å². The van der Waals surface area contributed by atoms with E-state index in [0.29, 0.717) is 28.7 Å². The summed E-state index contributed by atoms with van der Waals surface area (Å²) in [6.45, 7) is 2.20. The van der Waals surface area contributed by atoms with Crippen LogP contribution >= 0.6 is 11.6 Å². The van der Waals surface area contributed by atoms with Crippen molar-refractivity contribution >= 4 is 17.5 Å². The number of primary amides is 1. The number of rotatable bonds is 6. The number of amides is 1. The summed E-state index contributed by atoms with van der Waals surface area (Å²) >= 11 is 6.20. The Morgan fingerprint density at radius 3 is 2.63 bits per heavy atom. The highest BCUT2D eigenvalue weighted by Crippen LogP contribution is 2.29. The standard InChI is InChI=1S/C21H19ClN2O3/c1-13-9-15(3-5-17(13)21(23)25)19-10-14(7-8-24-19)12-27-20-6-4-16(26-2)11-18(20)22/h3-11H,12H2,1-2H3,(H2,23,25). The molecule has 0 atom stereocenters. The van der Waals surface area contributed by atoms with Gasteiger partial charge in [-0.15, -0.1) is 0 Å². The van der Waals surface area contributed by atoms with Gasteiger partial charge in [-0.1, -0.05) is 17.7 Å². The van der Waals surface area contributed by atoms with Gasteiger partial charge in [-0.25, -0.2) is 0 Å². The molecule has 2 N–H and O–H groups in total. The number of halogens is 1. The van der Waals surface area contributed by atoms with Crippen LogP contribution in [0.25, 0.3) is 11.3 Å². The molecule has 0 unspecified atom stereocenters. The Labute approximate surface area is 162 Å². The molecule has 0 saturated carbocycles. The van der Waals surface area contributed by atoms with Gasteiger partial charge in [0.1, 0.15) is 18.1 Å². The van der Waals surface area contributed by atoms with Crippen molar-refractivity contribution in [3.05, 3.63) is 76.4 Å². The van der Waals surface area contributed by atoms with Crippen LogP contribution in [-0.2, 0) is 6.61 Å². The van der Waals surface area contributed by atoms with E-state index in [1.54, 1.807) is 37.6 Å². The van der Waals surface area contributed by atoms with Crippen molar-refractivity contribution in [2.24, 2.45) is 5.73 Å². The fourth-order valence-corrected chi connectivity index (χ4v) is 2.93. The number of hydrogen-bond donors (Lipinski definition) is 1. The summed E-state index contributed by atoms with van der Waals surface area (Å²) in [6.07, 6.45) is 1.72. The van der Waals surface area contributed by atoms with Crippen LogP contribution in [0.15, 0.2) is 54.7 Å².